The van der Waals surface area contributed by atoms with Crippen molar-refractivity contribution in [1.29, 1.82) is 0 Å². The molecule has 138 valence electrons. The van der Waals surface area contributed by atoms with Crippen LogP contribution < -0.4 is 14.8 Å². The highest BCUT2D eigenvalue weighted by Crippen LogP contribution is 2.31. The number of para-hydroxylation sites is 2. The van der Waals surface area contributed by atoms with E-state index in [0.29, 0.717) is 24.6 Å². The van der Waals surface area contributed by atoms with E-state index in [1.807, 2.05) is 24.3 Å². The van der Waals surface area contributed by atoms with E-state index in [-0.39, 0.29) is 16.7 Å². The van der Waals surface area contributed by atoms with Crippen molar-refractivity contribution in [3.63, 3.8) is 0 Å². The molecule has 0 radical (unpaired) electrons. The molecule has 0 spiro atoms. The Bertz CT molecular complexity index is 992. The summed E-state index contributed by atoms with van der Waals surface area (Å²) in [5, 5.41) is 6.96. The minimum absolute atomic E-state index is 0.0475. The Kier molecular flexibility index (Phi) is 4.68. The molecule has 0 fully saturated rings. The lowest BCUT2D eigenvalue weighted by Crippen LogP contribution is -2.33. The molecule has 0 aliphatic carbocycles. The van der Waals surface area contributed by atoms with Gasteiger partial charge in [0.2, 0.25) is 0 Å². The fraction of sp³-hybridized carbons (Fsp3) is 0.158. The van der Waals surface area contributed by atoms with Gasteiger partial charge in [0.25, 0.3) is 5.91 Å². The SMILES string of the molecule is O=C(Nc1cnn(CC2COc3ccccc3O2)c1)c1ccc(F)cc1Cl. The van der Waals surface area contributed by atoms with Gasteiger partial charge in [0, 0.05) is 6.20 Å². The normalized spacial score (nSPS) is 15.4. The standard InChI is InChI=1S/C19H15ClFN3O3/c20-16-7-12(21)5-6-15(16)19(25)23-13-8-22-24(9-13)10-14-11-26-17-3-1-2-4-18(17)27-14/h1-9,14H,10-11H2,(H,23,25). The number of fused-ring (bicyclic) bond motifs is 1. The minimum atomic E-state index is -0.499. The number of rotatable bonds is 4. The first-order chi connectivity index (χ1) is 13.1. The average Bonchev–Trinajstić information content (AvgIpc) is 3.08. The molecule has 2 aromatic carbocycles. The summed E-state index contributed by atoms with van der Waals surface area (Å²) >= 11 is 5.91. The third kappa shape index (κ3) is 3.88. The van der Waals surface area contributed by atoms with Gasteiger partial charge in [0.15, 0.2) is 17.6 Å². The van der Waals surface area contributed by atoms with Gasteiger partial charge in [-0.1, -0.05) is 23.7 Å². The van der Waals surface area contributed by atoms with Crippen LogP contribution in [0.25, 0.3) is 0 Å². The number of hydrogen-bond donors (Lipinski definition) is 1. The van der Waals surface area contributed by atoms with Gasteiger partial charge < -0.3 is 14.8 Å². The van der Waals surface area contributed by atoms with Crippen molar-refractivity contribution >= 4 is 23.2 Å². The smallest absolute Gasteiger partial charge is 0.257 e. The van der Waals surface area contributed by atoms with Gasteiger partial charge in [-0.2, -0.15) is 5.10 Å². The lowest BCUT2D eigenvalue weighted by atomic mass is 10.2. The van der Waals surface area contributed by atoms with E-state index in [1.54, 1.807) is 10.9 Å². The molecule has 4 rings (SSSR count). The first kappa shape index (κ1) is 17.4. The second-order valence-electron chi connectivity index (χ2n) is 6.03. The van der Waals surface area contributed by atoms with Crippen LogP contribution in [0.4, 0.5) is 10.1 Å². The number of halogens is 2. The number of hydrogen-bond acceptors (Lipinski definition) is 4. The first-order valence-electron chi connectivity index (χ1n) is 8.26. The fourth-order valence-corrected chi connectivity index (χ4v) is 3.01. The Morgan fingerprint density at radius 1 is 1.30 bits per heavy atom. The number of aromatic nitrogens is 2. The summed E-state index contributed by atoms with van der Waals surface area (Å²) in [6.45, 7) is 0.866. The van der Waals surface area contributed by atoms with Crippen LogP contribution in [0.2, 0.25) is 5.02 Å². The van der Waals surface area contributed by atoms with E-state index in [2.05, 4.69) is 10.4 Å². The van der Waals surface area contributed by atoms with Crippen LogP contribution in [-0.4, -0.2) is 28.4 Å². The van der Waals surface area contributed by atoms with Gasteiger partial charge in [-0.25, -0.2) is 4.39 Å². The average molecular weight is 388 g/mol. The summed E-state index contributed by atoms with van der Waals surface area (Å²) in [4.78, 5) is 12.3. The van der Waals surface area contributed by atoms with Crippen molar-refractivity contribution in [1.82, 2.24) is 9.78 Å². The van der Waals surface area contributed by atoms with Crippen molar-refractivity contribution in [2.45, 2.75) is 12.6 Å². The molecule has 0 saturated heterocycles. The molecule has 27 heavy (non-hydrogen) atoms. The van der Waals surface area contributed by atoms with Gasteiger partial charge in [0.1, 0.15) is 12.4 Å². The predicted octanol–water partition coefficient (Wildman–Crippen LogP) is 3.77. The second-order valence-corrected chi connectivity index (χ2v) is 6.43. The number of nitrogens with zero attached hydrogens (tertiary/aromatic N) is 2. The molecule has 1 atom stereocenters. The van der Waals surface area contributed by atoms with E-state index in [1.165, 1.54) is 18.3 Å². The zero-order valence-corrected chi connectivity index (χ0v) is 14.8. The predicted molar refractivity (Wildman–Crippen MR) is 97.9 cm³/mol. The highest BCUT2D eigenvalue weighted by molar-refractivity contribution is 6.34. The summed E-state index contributed by atoms with van der Waals surface area (Å²) in [6.07, 6.45) is 3.00. The molecule has 1 aliphatic rings. The van der Waals surface area contributed by atoms with E-state index >= 15 is 0 Å². The highest BCUT2D eigenvalue weighted by Gasteiger charge is 2.21. The molecule has 1 amide bonds. The van der Waals surface area contributed by atoms with Crippen LogP contribution in [0.1, 0.15) is 10.4 Å². The van der Waals surface area contributed by atoms with Crippen LogP contribution in [0.3, 0.4) is 0 Å². The van der Waals surface area contributed by atoms with Crippen LogP contribution in [0.5, 0.6) is 11.5 Å². The Balaban J connectivity index is 1.40. The molecule has 8 heteroatoms. The summed E-state index contributed by atoms with van der Waals surface area (Å²) in [7, 11) is 0. The molecule has 3 aromatic rings. The highest BCUT2D eigenvalue weighted by atomic mass is 35.5. The van der Waals surface area contributed by atoms with Crippen molar-refractivity contribution in [3.8, 4) is 11.5 Å². The molecule has 6 nitrogen and oxygen atoms in total. The number of nitrogens with one attached hydrogen (secondary N) is 1. The number of carbonyl (C=O) groups is 1. The molecule has 2 heterocycles. The van der Waals surface area contributed by atoms with Gasteiger partial charge in [-0.3, -0.25) is 9.48 Å². The second kappa shape index (κ2) is 7.28. The van der Waals surface area contributed by atoms with E-state index < -0.39 is 11.7 Å². The maximum atomic E-state index is 13.1. The largest absolute Gasteiger partial charge is 0.486 e. The Morgan fingerprint density at radius 3 is 2.93 bits per heavy atom. The Morgan fingerprint density at radius 2 is 2.11 bits per heavy atom. The van der Waals surface area contributed by atoms with Crippen LogP contribution >= 0.6 is 11.6 Å². The van der Waals surface area contributed by atoms with Gasteiger partial charge in [0.05, 0.1) is 29.0 Å². The number of benzene rings is 2. The van der Waals surface area contributed by atoms with E-state index in [0.717, 1.165) is 11.8 Å². The number of ether oxygens (including phenoxy) is 2. The lowest BCUT2D eigenvalue weighted by molar-refractivity contribution is 0.0759. The number of amides is 1. The maximum absolute atomic E-state index is 13.1. The third-order valence-electron chi connectivity index (χ3n) is 4.03. The molecule has 1 aliphatic heterocycles. The molecule has 0 bridgehead atoms. The number of anilines is 1. The van der Waals surface area contributed by atoms with E-state index in [4.69, 9.17) is 21.1 Å². The minimum Gasteiger partial charge on any atom is -0.486 e. The van der Waals surface area contributed by atoms with E-state index in [9.17, 15) is 9.18 Å². The van der Waals surface area contributed by atoms with Crippen LogP contribution in [0.15, 0.2) is 54.9 Å². The fourth-order valence-electron chi connectivity index (χ4n) is 2.76. The monoisotopic (exact) mass is 387 g/mol. The lowest BCUT2D eigenvalue weighted by Gasteiger charge is -2.26. The van der Waals surface area contributed by atoms with Crippen LogP contribution in [0, 0.1) is 5.82 Å². The van der Waals surface area contributed by atoms with Gasteiger partial charge in [-0.15, -0.1) is 0 Å². The van der Waals surface area contributed by atoms with Crippen LogP contribution in [-0.2, 0) is 6.54 Å². The summed E-state index contributed by atoms with van der Waals surface area (Å²) in [6, 6.07) is 11.1. The van der Waals surface area contributed by atoms with Crippen molar-refractivity contribution < 1.29 is 18.7 Å². The Hall–Kier alpha value is -3.06. The summed E-state index contributed by atoms with van der Waals surface area (Å²) in [5.74, 6) is 0.477. The quantitative estimate of drug-likeness (QED) is 0.740. The zero-order chi connectivity index (χ0) is 18.8. The van der Waals surface area contributed by atoms with Crippen molar-refractivity contribution in [2.24, 2.45) is 0 Å². The number of carbonyl (C=O) groups excluding carboxylic acids is 1. The molecule has 1 N–H and O–H groups in total. The van der Waals surface area contributed by atoms with Gasteiger partial charge >= 0.3 is 0 Å². The topological polar surface area (TPSA) is 65.4 Å². The summed E-state index contributed by atoms with van der Waals surface area (Å²) in [5.41, 5.74) is 0.684. The molecule has 0 saturated carbocycles. The Labute approximate surface area is 159 Å². The van der Waals surface area contributed by atoms with Gasteiger partial charge in [-0.05, 0) is 30.3 Å². The zero-order valence-electron chi connectivity index (χ0n) is 14.1. The molecular formula is C19H15ClFN3O3. The van der Waals surface area contributed by atoms with Crippen molar-refractivity contribution in [3.05, 3.63) is 71.3 Å². The maximum Gasteiger partial charge on any atom is 0.257 e. The third-order valence-corrected chi connectivity index (χ3v) is 4.34. The summed E-state index contributed by atoms with van der Waals surface area (Å²) < 4.78 is 26.3. The molecule has 1 aromatic heterocycles. The molecule has 1 unspecified atom stereocenters. The first-order valence-corrected chi connectivity index (χ1v) is 8.63. The molecular weight excluding hydrogens is 373 g/mol. The van der Waals surface area contributed by atoms with Crippen molar-refractivity contribution in [2.75, 3.05) is 11.9 Å².